The number of hydrogen-bond acceptors (Lipinski definition) is 4. The van der Waals surface area contributed by atoms with E-state index in [-0.39, 0.29) is 5.57 Å². The van der Waals surface area contributed by atoms with Gasteiger partial charge in [-0.05, 0) is 54.5 Å². The highest BCUT2D eigenvalue weighted by Gasteiger charge is 2.10. The van der Waals surface area contributed by atoms with Gasteiger partial charge in [-0.1, -0.05) is 19.1 Å². The lowest BCUT2D eigenvalue weighted by atomic mass is 10.1. The van der Waals surface area contributed by atoms with Crippen molar-refractivity contribution in [3.8, 4) is 11.8 Å². The largest absolute Gasteiger partial charge is 0.494 e. The summed E-state index contributed by atoms with van der Waals surface area (Å²) in [6.07, 6.45) is 2.50. The Morgan fingerprint density at radius 3 is 2.35 bits per heavy atom. The predicted octanol–water partition coefficient (Wildman–Crippen LogP) is 4.09. The second-order valence-corrected chi connectivity index (χ2v) is 5.98. The van der Waals surface area contributed by atoms with Crippen LogP contribution in [0.2, 0.25) is 0 Å². The van der Waals surface area contributed by atoms with E-state index in [0.29, 0.717) is 12.3 Å². The van der Waals surface area contributed by atoms with Crippen LogP contribution in [0.15, 0.2) is 54.1 Å². The van der Waals surface area contributed by atoms with Crippen LogP contribution >= 0.6 is 0 Å². The molecule has 134 valence electrons. The van der Waals surface area contributed by atoms with E-state index in [4.69, 9.17) is 4.74 Å². The third-order valence-corrected chi connectivity index (χ3v) is 3.67. The van der Waals surface area contributed by atoms with Gasteiger partial charge in [0, 0.05) is 25.5 Å². The number of hydrogen-bond donors (Lipinski definition) is 1. The van der Waals surface area contributed by atoms with Crippen LogP contribution in [-0.4, -0.2) is 26.6 Å². The number of carbonyl (C=O) groups is 1. The van der Waals surface area contributed by atoms with Crippen LogP contribution in [0.5, 0.6) is 5.75 Å². The zero-order valence-corrected chi connectivity index (χ0v) is 15.3. The predicted molar refractivity (Wildman–Crippen MR) is 105 cm³/mol. The minimum Gasteiger partial charge on any atom is -0.494 e. The van der Waals surface area contributed by atoms with Crippen molar-refractivity contribution in [3.63, 3.8) is 0 Å². The molecule has 1 amide bonds. The molecule has 0 aliphatic carbocycles. The van der Waals surface area contributed by atoms with Gasteiger partial charge in [-0.2, -0.15) is 5.26 Å². The minimum atomic E-state index is -0.434. The molecule has 2 aromatic carbocycles. The van der Waals surface area contributed by atoms with Gasteiger partial charge in [0.1, 0.15) is 17.4 Å². The normalized spacial score (nSPS) is 10.8. The summed E-state index contributed by atoms with van der Waals surface area (Å²) in [5, 5.41) is 12.1. The van der Waals surface area contributed by atoms with Crippen LogP contribution in [0.3, 0.4) is 0 Å². The summed E-state index contributed by atoms with van der Waals surface area (Å²) in [6, 6.07) is 16.7. The van der Waals surface area contributed by atoms with Gasteiger partial charge < -0.3 is 15.0 Å². The number of nitriles is 1. The van der Waals surface area contributed by atoms with Crippen LogP contribution in [0, 0.1) is 11.3 Å². The molecular formula is C21H23N3O2. The quantitative estimate of drug-likeness (QED) is 0.604. The lowest BCUT2D eigenvalue weighted by molar-refractivity contribution is -0.112. The third kappa shape index (κ3) is 5.38. The highest BCUT2D eigenvalue weighted by atomic mass is 16.5. The summed E-state index contributed by atoms with van der Waals surface area (Å²) in [5.74, 6) is 0.337. The Kier molecular flexibility index (Phi) is 6.81. The van der Waals surface area contributed by atoms with Gasteiger partial charge in [0.2, 0.25) is 0 Å². The number of rotatable bonds is 7. The zero-order valence-electron chi connectivity index (χ0n) is 15.3. The Hall–Kier alpha value is -3.26. The van der Waals surface area contributed by atoms with Crippen molar-refractivity contribution in [2.75, 3.05) is 30.9 Å². The first-order valence-corrected chi connectivity index (χ1v) is 8.47. The molecule has 2 aromatic rings. The standard InChI is InChI=1S/C21H23N3O2/c1-4-13-26-20-11-5-16(6-12-20)14-17(15-22)21(25)23-18-7-9-19(10-8-18)24(2)3/h5-12,14H,4,13H2,1-3H3,(H,23,25)/b17-14+. The number of carbonyl (C=O) groups excluding carboxylic acids is 1. The number of ether oxygens (including phenoxy) is 1. The molecule has 0 radical (unpaired) electrons. The average Bonchev–Trinajstić information content (AvgIpc) is 2.65. The van der Waals surface area contributed by atoms with Crippen molar-refractivity contribution in [2.45, 2.75) is 13.3 Å². The molecular weight excluding hydrogens is 326 g/mol. The highest BCUT2D eigenvalue weighted by molar-refractivity contribution is 6.09. The molecule has 26 heavy (non-hydrogen) atoms. The second-order valence-electron chi connectivity index (χ2n) is 5.98. The fourth-order valence-electron chi connectivity index (χ4n) is 2.24. The number of nitrogens with zero attached hydrogens (tertiary/aromatic N) is 2. The topological polar surface area (TPSA) is 65.4 Å². The monoisotopic (exact) mass is 349 g/mol. The fraction of sp³-hybridized carbons (Fsp3) is 0.238. The van der Waals surface area contributed by atoms with Crippen molar-refractivity contribution >= 4 is 23.4 Å². The molecule has 2 rings (SSSR count). The molecule has 0 aliphatic rings. The molecule has 0 atom stereocenters. The molecule has 1 N–H and O–H groups in total. The van der Waals surface area contributed by atoms with E-state index >= 15 is 0 Å². The van der Waals surface area contributed by atoms with E-state index in [1.54, 1.807) is 6.08 Å². The summed E-state index contributed by atoms with van der Waals surface area (Å²) in [4.78, 5) is 14.3. The first kappa shape index (κ1) is 19.1. The number of benzene rings is 2. The smallest absolute Gasteiger partial charge is 0.266 e. The van der Waals surface area contributed by atoms with Crippen molar-refractivity contribution < 1.29 is 9.53 Å². The van der Waals surface area contributed by atoms with Crippen LogP contribution < -0.4 is 15.0 Å². The molecule has 0 spiro atoms. The van der Waals surface area contributed by atoms with Crippen molar-refractivity contribution in [2.24, 2.45) is 0 Å². The number of anilines is 2. The molecule has 0 heterocycles. The summed E-state index contributed by atoms with van der Waals surface area (Å²) in [7, 11) is 3.89. The summed E-state index contributed by atoms with van der Waals surface area (Å²) < 4.78 is 5.53. The fourth-order valence-corrected chi connectivity index (χ4v) is 2.24. The van der Waals surface area contributed by atoms with E-state index in [9.17, 15) is 10.1 Å². The lowest BCUT2D eigenvalue weighted by Gasteiger charge is -2.13. The van der Waals surface area contributed by atoms with Gasteiger partial charge in [0.05, 0.1) is 6.61 Å². The molecule has 0 saturated heterocycles. The molecule has 0 aromatic heterocycles. The average molecular weight is 349 g/mol. The maximum Gasteiger partial charge on any atom is 0.266 e. The number of amides is 1. The van der Waals surface area contributed by atoms with Gasteiger partial charge in [0.25, 0.3) is 5.91 Å². The van der Waals surface area contributed by atoms with Crippen molar-refractivity contribution in [3.05, 3.63) is 59.7 Å². The van der Waals surface area contributed by atoms with E-state index in [1.165, 1.54) is 0 Å². The van der Waals surface area contributed by atoms with Gasteiger partial charge in [0.15, 0.2) is 0 Å². The highest BCUT2D eigenvalue weighted by Crippen LogP contribution is 2.18. The Labute approximate surface area is 154 Å². The first-order valence-electron chi connectivity index (χ1n) is 8.47. The second kappa shape index (κ2) is 9.28. The van der Waals surface area contributed by atoms with Crippen LogP contribution in [0.25, 0.3) is 6.08 Å². The molecule has 0 bridgehead atoms. The third-order valence-electron chi connectivity index (χ3n) is 3.67. The van der Waals surface area contributed by atoms with Gasteiger partial charge in [-0.15, -0.1) is 0 Å². The lowest BCUT2D eigenvalue weighted by Crippen LogP contribution is -2.14. The molecule has 0 fully saturated rings. The van der Waals surface area contributed by atoms with Crippen LogP contribution in [-0.2, 0) is 4.79 Å². The Bertz CT molecular complexity index is 801. The van der Waals surface area contributed by atoms with Gasteiger partial charge in [-0.3, -0.25) is 4.79 Å². The van der Waals surface area contributed by atoms with E-state index in [1.807, 2.05) is 80.5 Å². The SMILES string of the molecule is CCCOc1ccc(/C=C(\C#N)C(=O)Nc2ccc(N(C)C)cc2)cc1. The molecule has 5 nitrogen and oxygen atoms in total. The van der Waals surface area contributed by atoms with Crippen molar-refractivity contribution in [1.82, 2.24) is 0 Å². The maximum absolute atomic E-state index is 12.3. The Morgan fingerprint density at radius 2 is 1.81 bits per heavy atom. The van der Waals surface area contributed by atoms with Crippen LogP contribution in [0.1, 0.15) is 18.9 Å². The minimum absolute atomic E-state index is 0.0453. The van der Waals surface area contributed by atoms with E-state index < -0.39 is 5.91 Å². The van der Waals surface area contributed by atoms with E-state index in [0.717, 1.165) is 23.4 Å². The number of nitrogens with one attached hydrogen (secondary N) is 1. The molecule has 5 heteroatoms. The zero-order chi connectivity index (χ0) is 18.9. The molecule has 0 unspecified atom stereocenters. The molecule has 0 aliphatic heterocycles. The Balaban J connectivity index is 2.07. The summed E-state index contributed by atoms with van der Waals surface area (Å²) in [5.41, 5.74) is 2.49. The van der Waals surface area contributed by atoms with Crippen molar-refractivity contribution in [1.29, 1.82) is 5.26 Å². The van der Waals surface area contributed by atoms with E-state index in [2.05, 4.69) is 5.32 Å². The van der Waals surface area contributed by atoms with Gasteiger partial charge >= 0.3 is 0 Å². The summed E-state index contributed by atoms with van der Waals surface area (Å²) >= 11 is 0. The van der Waals surface area contributed by atoms with Crippen LogP contribution in [0.4, 0.5) is 11.4 Å². The van der Waals surface area contributed by atoms with Gasteiger partial charge in [-0.25, -0.2) is 0 Å². The Morgan fingerprint density at radius 1 is 1.15 bits per heavy atom. The first-order chi connectivity index (χ1) is 12.5. The molecule has 0 saturated carbocycles. The summed E-state index contributed by atoms with van der Waals surface area (Å²) in [6.45, 7) is 2.70. The maximum atomic E-state index is 12.3.